The van der Waals surface area contributed by atoms with Crippen LogP contribution < -0.4 is 4.90 Å². The Morgan fingerprint density at radius 2 is 2.06 bits per heavy atom. The number of aromatic hydroxyl groups is 1. The summed E-state index contributed by atoms with van der Waals surface area (Å²) in [5, 5.41) is 9.12. The van der Waals surface area contributed by atoms with Gasteiger partial charge in [0.25, 0.3) is 0 Å². The molecule has 6 heteroatoms. The number of alkyl halides is 3. The lowest BCUT2D eigenvalue weighted by Crippen LogP contribution is -2.30. The molecule has 16 heavy (non-hydrogen) atoms. The number of anilines is 1. The first-order chi connectivity index (χ1) is 7.29. The predicted molar refractivity (Wildman–Crippen MR) is 52.2 cm³/mol. The third-order valence-corrected chi connectivity index (χ3v) is 1.94. The summed E-state index contributed by atoms with van der Waals surface area (Å²) in [6.07, 6.45) is -6.04. The van der Waals surface area contributed by atoms with Gasteiger partial charge in [0.2, 0.25) is 5.91 Å². The number of hydrogen-bond donors (Lipinski definition) is 1. The highest BCUT2D eigenvalue weighted by Crippen LogP contribution is 2.24. The zero-order valence-corrected chi connectivity index (χ0v) is 8.45. The van der Waals surface area contributed by atoms with Crippen LogP contribution in [0, 0.1) is 0 Å². The van der Waals surface area contributed by atoms with Crippen molar-refractivity contribution in [2.45, 2.75) is 12.6 Å². The predicted octanol–water partition coefficient (Wildman–Crippen LogP) is 2.31. The fourth-order valence-corrected chi connectivity index (χ4v) is 1.14. The second-order valence-corrected chi connectivity index (χ2v) is 3.26. The quantitative estimate of drug-likeness (QED) is 0.851. The molecule has 0 aromatic heterocycles. The summed E-state index contributed by atoms with van der Waals surface area (Å²) in [5.41, 5.74) is 0.217. The first kappa shape index (κ1) is 12.4. The standard InChI is InChI=1S/C10H10F3NO2/c1-14(9(16)6-10(11,12)13)7-3-2-4-8(15)5-7/h2-5,15H,6H2,1H3. The molecule has 0 saturated heterocycles. The highest BCUT2D eigenvalue weighted by molar-refractivity contribution is 5.93. The van der Waals surface area contributed by atoms with Crippen LogP contribution in [0.1, 0.15) is 6.42 Å². The topological polar surface area (TPSA) is 40.5 Å². The van der Waals surface area contributed by atoms with E-state index < -0.39 is 18.5 Å². The van der Waals surface area contributed by atoms with Gasteiger partial charge in [-0.15, -0.1) is 0 Å². The summed E-state index contributed by atoms with van der Waals surface area (Å²) in [4.78, 5) is 12.0. The average molecular weight is 233 g/mol. The van der Waals surface area contributed by atoms with Crippen LogP contribution in [0.4, 0.5) is 18.9 Å². The Bertz CT molecular complexity index is 390. The molecule has 3 nitrogen and oxygen atoms in total. The molecule has 0 aliphatic rings. The summed E-state index contributed by atoms with van der Waals surface area (Å²) in [7, 11) is 1.23. The van der Waals surface area contributed by atoms with E-state index >= 15 is 0 Å². The number of phenols is 1. The van der Waals surface area contributed by atoms with Gasteiger partial charge in [0.05, 0.1) is 0 Å². The van der Waals surface area contributed by atoms with Gasteiger partial charge in [-0.3, -0.25) is 4.79 Å². The van der Waals surface area contributed by atoms with Gasteiger partial charge in [-0.2, -0.15) is 13.2 Å². The summed E-state index contributed by atoms with van der Waals surface area (Å²) in [5.74, 6) is -1.18. The number of rotatable bonds is 2. The Hall–Kier alpha value is -1.72. The van der Waals surface area contributed by atoms with E-state index in [1.165, 1.54) is 31.3 Å². The van der Waals surface area contributed by atoms with Crippen molar-refractivity contribution in [3.8, 4) is 5.75 Å². The van der Waals surface area contributed by atoms with Crippen molar-refractivity contribution in [1.82, 2.24) is 0 Å². The Morgan fingerprint density at radius 3 is 2.56 bits per heavy atom. The van der Waals surface area contributed by atoms with Crippen LogP contribution in [-0.4, -0.2) is 24.2 Å². The van der Waals surface area contributed by atoms with Crippen LogP contribution in [-0.2, 0) is 4.79 Å². The Kier molecular flexibility index (Phi) is 3.41. The zero-order valence-electron chi connectivity index (χ0n) is 8.45. The van der Waals surface area contributed by atoms with E-state index in [1.807, 2.05) is 0 Å². The van der Waals surface area contributed by atoms with Crippen molar-refractivity contribution in [2.75, 3.05) is 11.9 Å². The fourth-order valence-electron chi connectivity index (χ4n) is 1.14. The van der Waals surface area contributed by atoms with E-state index in [1.54, 1.807) is 0 Å². The minimum Gasteiger partial charge on any atom is -0.508 e. The number of hydrogen-bond acceptors (Lipinski definition) is 2. The van der Waals surface area contributed by atoms with Gasteiger partial charge in [-0.05, 0) is 12.1 Å². The van der Waals surface area contributed by atoms with Crippen LogP contribution >= 0.6 is 0 Å². The van der Waals surface area contributed by atoms with Crippen LogP contribution in [0.3, 0.4) is 0 Å². The third-order valence-electron chi connectivity index (χ3n) is 1.94. The first-order valence-electron chi connectivity index (χ1n) is 4.42. The minimum atomic E-state index is -4.53. The van der Waals surface area contributed by atoms with E-state index in [2.05, 4.69) is 0 Å². The van der Waals surface area contributed by atoms with Crippen LogP contribution in [0.25, 0.3) is 0 Å². The molecule has 0 unspecified atom stereocenters. The molecule has 0 bridgehead atoms. The van der Waals surface area contributed by atoms with Gasteiger partial charge < -0.3 is 10.0 Å². The molecule has 0 radical (unpaired) electrons. The molecule has 0 aliphatic heterocycles. The van der Waals surface area contributed by atoms with Crippen LogP contribution in [0.5, 0.6) is 5.75 Å². The molecular formula is C10H10F3NO2. The maximum absolute atomic E-state index is 12.0. The van der Waals surface area contributed by atoms with E-state index in [4.69, 9.17) is 5.11 Å². The molecule has 0 spiro atoms. The molecule has 1 aromatic carbocycles. The number of carbonyl (C=O) groups is 1. The van der Waals surface area contributed by atoms with Gasteiger partial charge in [0, 0.05) is 18.8 Å². The molecule has 1 aromatic rings. The normalized spacial score (nSPS) is 11.2. The van der Waals surface area contributed by atoms with Crippen molar-refractivity contribution >= 4 is 11.6 Å². The second kappa shape index (κ2) is 4.42. The molecule has 1 N–H and O–H groups in total. The number of phenolic OH excluding ortho intramolecular Hbond substituents is 1. The summed E-state index contributed by atoms with van der Waals surface area (Å²) in [6.45, 7) is 0. The first-order valence-corrected chi connectivity index (χ1v) is 4.42. The smallest absolute Gasteiger partial charge is 0.397 e. The van der Waals surface area contributed by atoms with Crippen LogP contribution in [0.15, 0.2) is 24.3 Å². The Morgan fingerprint density at radius 1 is 1.44 bits per heavy atom. The van der Waals surface area contributed by atoms with Crippen molar-refractivity contribution in [1.29, 1.82) is 0 Å². The Labute approximate surface area is 90.1 Å². The number of carbonyl (C=O) groups excluding carboxylic acids is 1. The maximum Gasteiger partial charge on any atom is 0.397 e. The molecule has 0 atom stereocenters. The fraction of sp³-hybridized carbons (Fsp3) is 0.300. The number of nitrogens with zero attached hydrogens (tertiary/aromatic N) is 1. The molecule has 0 fully saturated rings. The van der Waals surface area contributed by atoms with Crippen molar-refractivity contribution in [3.05, 3.63) is 24.3 Å². The van der Waals surface area contributed by atoms with Gasteiger partial charge in [0.1, 0.15) is 12.2 Å². The number of benzene rings is 1. The average Bonchev–Trinajstić information content (AvgIpc) is 2.14. The minimum absolute atomic E-state index is 0.107. The van der Waals surface area contributed by atoms with Crippen LogP contribution in [0.2, 0.25) is 0 Å². The summed E-state index contributed by atoms with van der Waals surface area (Å²) in [6, 6.07) is 5.47. The van der Waals surface area contributed by atoms with Gasteiger partial charge in [-0.1, -0.05) is 6.07 Å². The molecule has 0 heterocycles. The van der Waals surface area contributed by atoms with E-state index in [0.29, 0.717) is 0 Å². The molecule has 88 valence electrons. The van der Waals surface area contributed by atoms with E-state index in [0.717, 1.165) is 4.90 Å². The molecule has 1 rings (SSSR count). The SMILES string of the molecule is CN(C(=O)CC(F)(F)F)c1cccc(O)c1. The van der Waals surface area contributed by atoms with Gasteiger partial charge >= 0.3 is 6.18 Å². The van der Waals surface area contributed by atoms with E-state index in [-0.39, 0.29) is 11.4 Å². The molecule has 0 aliphatic carbocycles. The van der Waals surface area contributed by atoms with Crippen molar-refractivity contribution in [3.63, 3.8) is 0 Å². The molecular weight excluding hydrogens is 223 g/mol. The van der Waals surface area contributed by atoms with E-state index in [9.17, 15) is 18.0 Å². The lowest BCUT2D eigenvalue weighted by molar-refractivity contribution is -0.151. The molecule has 0 saturated carbocycles. The Balaban J connectivity index is 2.78. The second-order valence-electron chi connectivity index (χ2n) is 3.26. The molecule has 1 amide bonds. The largest absolute Gasteiger partial charge is 0.508 e. The highest BCUT2D eigenvalue weighted by Gasteiger charge is 2.32. The lowest BCUT2D eigenvalue weighted by Gasteiger charge is -2.18. The van der Waals surface area contributed by atoms with Gasteiger partial charge in [0.15, 0.2) is 0 Å². The highest BCUT2D eigenvalue weighted by atomic mass is 19.4. The zero-order chi connectivity index (χ0) is 12.3. The summed E-state index contributed by atoms with van der Waals surface area (Å²) >= 11 is 0. The van der Waals surface area contributed by atoms with Gasteiger partial charge in [-0.25, -0.2) is 0 Å². The maximum atomic E-state index is 12.0. The lowest BCUT2D eigenvalue weighted by atomic mass is 10.2. The van der Waals surface area contributed by atoms with Crippen molar-refractivity contribution < 1.29 is 23.1 Å². The van der Waals surface area contributed by atoms with Crippen molar-refractivity contribution in [2.24, 2.45) is 0 Å². The summed E-state index contributed by atoms with van der Waals surface area (Å²) < 4.78 is 35.9. The number of halogens is 3. The third kappa shape index (κ3) is 3.45. The monoisotopic (exact) mass is 233 g/mol. The number of amides is 1.